The van der Waals surface area contributed by atoms with E-state index < -0.39 is 0 Å². The topological polar surface area (TPSA) is 85.4 Å². The summed E-state index contributed by atoms with van der Waals surface area (Å²) in [5.74, 6) is 2.60. The zero-order chi connectivity index (χ0) is 19.1. The average molecular weight is 358 g/mol. The van der Waals surface area contributed by atoms with Crippen LogP contribution in [0.15, 0.2) is 24.3 Å². The van der Waals surface area contributed by atoms with Crippen LogP contribution < -0.4 is 20.1 Å². The monoisotopic (exact) mass is 358 g/mol. The number of amides is 1. The normalized spacial score (nSPS) is 10.5. The van der Waals surface area contributed by atoms with Crippen molar-refractivity contribution < 1.29 is 14.3 Å². The Morgan fingerprint density at radius 1 is 1.15 bits per heavy atom. The summed E-state index contributed by atoms with van der Waals surface area (Å²) >= 11 is 0. The number of methoxy groups -OCH3 is 2. The molecule has 0 radical (unpaired) electrons. The molecule has 0 fully saturated rings. The van der Waals surface area contributed by atoms with Gasteiger partial charge in [0.05, 0.1) is 19.9 Å². The van der Waals surface area contributed by atoms with E-state index in [1.54, 1.807) is 38.3 Å². The Kier molecular flexibility index (Phi) is 6.77. The fraction of sp³-hybridized carbons (Fsp3) is 0.421. The molecule has 0 aliphatic heterocycles. The maximum absolute atomic E-state index is 12.6. The van der Waals surface area contributed by atoms with Gasteiger partial charge in [0, 0.05) is 18.7 Å². The molecule has 0 unspecified atom stereocenters. The Morgan fingerprint density at radius 3 is 2.58 bits per heavy atom. The second-order valence-electron chi connectivity index (χ2n) is 6.32. The molecule has 7 nitrogen and oxygen atoms in total. The van der Waals surface area contributed by atoms with Crippen LogP contribution in [0.3, 0.4) is 0 Å². The Balaban J connectivity index is 2.15. The average Bonchev–Trinajstić information content (AvgIpc) is 2.61. The van der Waals surface area contributed by atoms with E-state index in [2.05, 4.69) is 34.4 Å². The third-order valence-corrected chi connectivity index (χ3v) is 3.76. The van der Waals surface area contributed by atoms with E-state index in [9.17, 15) is 4.79 Å². The second kappa shape index (κ2) is 9.03. The summed E-state index contributed by atoms with van der Waals surface area (Å²) in [7, 11) is 3.11. The molecule has 7 heteroatoms. The van der Waals surface area contributed by atoms with E-state index in [0.717, 1.165) is 13.0 Å². The third kappa shape index (κ3) is 5.34. The first-order valence-electron chi connectivity index (χ1n) is 8.56. The largest absolute Gasteiger partial charge is 0.497 e. The summed E-state index contributed by atoms with van der Waals surface area (Å²) < 4.78 is 10.5. The zero-order valence-electron chi connectivity index (χ0n) is 15.9. The molecule has 2 N–H and O–H groups in total. The minimum atomic E-state index is -0.328. The van der Waals surface area contributed by atoms with E-state index in [1.807, 2.05) is 0 Å². The Morgan fingerprint density at radius 2 is 1.92 bits per heavy atom. The molecule has 0 aliphatic rings. The standard InChI is InChI=1S/C19H26N4O3/c1-12(2)8-9-20-18-11-16(21-13(3)22-18)19(24)23-15-7-6-14(25-4)10-17(15)26-5/h6-7,10-12H,8-9H2,1-5H3,(H,23,24)(H,20,21,22). The van der Waals surface area contributed by atoms with Crippen LogP contribution in [0.25, 0.3) is 0 Å². The SMILES string of the molecule is COc1ccc(NC(=O)c2cc(NCCC(C)C)nc(C)n2)c(OC)c1. The molecule has 0 saturated heterocycles. The summed E-state index contributed by atoms with van der Waals surface area (Å²) in [6.45, 7) is 6.88. The van der Waals surface area contributed by atoms with Gasteiger partial charge in [0.1, 0.15) is 28.8 Å². The van der Waals surface area contributed by atoms with Crippen LogP contribution in [0, 0.1) is 12.8 Å². The summed E-state index contributed by atoms with van der Waals surface area (Å²) in [5, 5.41) is 6.06. The summed E-state index contributed by atoms with van der Waals surface area (Å²) in [6.07, 6.45) is 1.02. The third-order valence-electron chi connectivity index (χ3n) is 3.76. The van der Waals surface area contributed by atoms with E-state index in [0.29, 0.717) is 40.4 Å². The van der Waals surface area contributed by atoms with Gasteiger partial charge in [-0.2, -0.15) is 0 Å². The van der Waals surface area contributed by atoms with Crippen molar-refractivity contribution in [3.8, 4) is 11.5 Å². The number of nitrogens with one attached hydrogen (secondary N) is 2. The van der Waals surface area contributed by atoms with Gasteiger partial charge in [0.25, 0.3) is 5.91 Å². The van der Waals surface area contributed by atoms with Gasteiger partial charge in [-0.15, -0.1) is 0 Å². The molecule has 1 aromatic carbocycles. The number of ether oxygens (including phenoxy) is 2. The van der Waals surface area contributed by atoms with Gasteiger partial charge in [-0.25, -0.2) is 9.97 Å². The summed E-state index contributed by atoms with van der Waals surface area (Å²) in [5.41, 5.74) is 0.839. The van der Waals surface area contributed by atoms with Crippen LogP contribution in [0.2, 0.25) is 0 Å². The van der Waals surface area contributed by atoms with Crippen molar-refractivity contribution in [1.29, 1.82) is 0 Å². The Labute approximate surface area is 154 Å². The number of rotatable bonds is 8. The highest BCUT2D eigenvalue weighted by Crippen LogP contribution is 2.29. The molecule has 26 heavy (non-hydrogen) atoms. The number of anilines is 2. The van der Waals surface area contributed by atoms with Crippen LogP contribution in [0.4, 0.5) is 11.5 Å². The molecule has 0 saturated carbocycles. The maximum atomic E-state index is 12.6. The number of hydrogen-bond acceptors (Lipinski definition) is 6. The Bertz CT molecular complexity index is 762. The molecular formula is C19H26N4O3. The van der Waals surface area contributed by atoms with Crippen molar-refractivity contribution in [3.63, 3.8) is 0 Å². The number of hydrogen-bond donors (Lipinski definition) is 2. The smallest absolute Gasteiger partial charge is 0.274 e. The first-order valence-corrected chi connectivity index (χ1v) is 8.56. The predicted molar refractivity (Wildman–Crippen MR) is 102 cm³/mol. The molecule has 140 valence electrons. The molecule has 0 spiro atoms. The van der Waals surface area contributed by atoms with Gasteiger partial charge in [0.2, 0.25) is 0 Å². The first kappa shape index (κ1) is 19.5. The van der Waals surface area contributed by atoms with Crippen molar-refractivity contribution in [2.45, 2.75) is 27.2 Å². The van der Waals surface area contributed by atoms with E-state index in [4.69, 9.17) is 9.47 Å². The van der Waals surface area contributed by atoms with Crippen molar-refractivity contribution in [3.05, 3.63) is 35.8 Å². The number of benzene rings is 1. The van der Waals surface area contributed by atoms with Gasteiger partial charge >= 0.3 is 0 Å². The van der Waals surface area contributed by atoms with Crippen LogP contribution in [-0.2, 0) is 0 Å². The van der Waals surface area contributed by atoms with Gasteiger partial charge < -0.3 is 20.1 Å². The molecule has 1 aromatic heterocycles. The van der Waals surface area contributed by atoms with Crippen LogP contribution >= 0.6 is 0 Å². The van der Waals surface area contributed by atoms with Crippen molar-refractivity contribution >= 4 is 17.4 Å². The van der Waals surface area contributed by atoms with Crippen molar-refractivity contribution in [1.82, 2.24) is 9.97 Å². The molecule has 2 rings (SSSR count). The van der Waals surface area contributed by atoms with Gasteiger partial charge in [0.15, 0.2) is 0 Å². The fourth-order valence-electron chi connectivity index (χ4n) is 2.35. The van der Waals surface area contributed by atoms with Gasteiger partial charge in [-0.05, 0) is 31.4 Å². The van der Waals surface area contributed by atoms with Crippen LogP contribution in [0.1, 0.15) is 36.6 Å². The van der Waals surface area contributed by atoms with Crippen LogP contribution in [0.5, 0.6) is 11.5 Å². The van der Waals surface area contributed by atoms with Crippen LogP contribution in [-0.4, -0.2) is 36.6 Å². The molecule has 2 aromatic rings. The lowest BCUT2D eigenvalue weighted by Gasteiger charge is -2.12. The van der Waals surface area contributed by atoms with Crippen molar-refractivity contribution in [2.75, 3.05) is 31.4 Å². The highest BCUT2D eigenvalue weighted by Gasteiger charge is 2.14. The summed E-state index contributed by atoms with van der Waals surface area (Å²) in [4.78, 5) is 21.2. The fourth-order valence-corrected chi connectivity index (χ4v) is 2.35. The molecular weight excluding hydrogens is 332 g/mol. The molecule has 0 bridgehead atoms. The van der Waals surface area contributed by atoms with E-state index in [-0.39, 0.29) is 5.91 Å². The number of nitrogens with zero attached hydrogens (tertiary/aromatic N) is 2. The van der Waals surface area contributed by atoms with E-state index >= 15 is 0 Å². The minimum absolute atomic E-state index is 0.294. The quantitative estimate of drug-likeness (QED) is 0.751. The highest BCUT2D eigenvalue weighted by molar-refractivity contribution is 6.04. The molecule has 1 amide bonds. The lowest BCUT2D eigenvalue weighted by Crippen LogP contribution is -2.16. The second-order valence-corrected chi connectivity index (χ2v) is 6.32. The lowest BCUT2D eigenvalue weighted by molar-refractivity contribution is 0.102. The maximum Gasteiger partial charge on any atom is 0.274 e. The number of carbonyl (C=O) groups excluding carboxylic acids is 1. The summed E-state index contributed by atoms with van der Waals surface area (Å²) in [6, 6.07) is 6.84. The molecule has 0 aliphatic carbocycles. The molecule has 0 atom stereocenters. The van der Waals surface area contributed by atoms with Gasteiger partial charge in [-0.1, -0.05) is 13.8 Å². The minimum Gasteiger partial charge on any atom is -0.497 e. The number of carbonyl (C=O) groups is 1. The zero-order valence-corrected chi connectivity index (χ0v) is 15.9. The van der Waals surface area contributed by atoms with Gasteiger partial charge in [-0.3, -0.25) is 4.79 Å². The highest BCUT2D eigenvalue weighted by atomic mass is 16.5. The predicted octanol–water partition coefficient (Wildman–Crippen LogP) is 3.51. The number of aryl methyl sites for hydroxylation is 1. The first-order chi connectivity index (χ1) is 12.4. The van der Waals surface area contributed by atoms with E-state index in [1.165, 1.54) is 7.11 Å². The lowest BCUT2D eigenvalue weighted by atomic mass is 10.1. The molecule has 1 heterocycles. The van der Waals surface area contributed by atoms with Crippen molar-refractivity contribution in [2.24, 2.45) is 5.92 Å². The Hall–Kier alpha value is -2.83. The number of aromatic nitrogens is 2.